The van der Waals surface area contributed by atoms with Gasteiger partial charge in [0.25, 0.3) is 0 Å². The Bertz CT molecular complexity index is 450. The number of rotatable bonds is 5. The molecule has 0 radical (unpaired) electrons. The van der Waals surface area contributed by atoms with Gasteiger partial charge in [0, 0.05) is 5.56 Å². The smallest absolute Gasteiger partial charge is 0.0826 e. The molecule has 1 heterocycles. The lowest BCUT2D eigenvalue weighted by molar-refractivity contribution is 0.165. The van der Waals surface area contributed by atoms with Gasteiger partial charge in [-0.3, -0.25) is 5.10 Å². The first-order chi connectivity index (χ1) is 8.33. The number of nitrogens with zero attached hydrogens (tertiary/aromatic N) is 1. The summed E-state index contributed by atoms with van der Waals surface area (Å²) in [5.41, 5.74) is 2.88. The molecule has 0 bridgehead atoms. The number of unbranched alkanes of at least 4 members (excludes halogenated alkanes) is 1. The van der Waals surface area contributed by atoms with Crippen LogP contribution in [0.15, 0.2) is 36.5 Å². The van der Waals surface area contributed by atoms with Crippen LogP contribution in [-0.2, 0) is 0 Å². The Morgan fingerprint density at radius 2 is 2.06 bits per heavy atom. The standard InChI is InChI=1S/C14H18N2O/c1-2-3-9-13(17)12-10-15-16-14(12)11-7-5-4-6-8-11/h4-8,10,13,17H,2-3,9H2,1H3,(H,15,16). The fourth-order valence-electron chi connectivity index (χ4n) is 1.94. The van der Waals surface area contributed by atoms with Gasteiger partial charge in [0.2, 0.25) is 0 Å². The molecule has 1 atom stereocenters. The van der Waals surface area contributed by atoms with Crippen molar-refractivity contribution in [2.75, 3.05) is 0 Å². The lowest BCUT2D eigenvalue weighted by Gasteiger charge is -2.10. The van der Waals surface area contributed by atoms with Gasteiger partial charge in [-0.1, -0.05) is 50.1 Å². The van der Waals surface area contributed by atoms with Crippen LogP contribution in [0.5, 0.6) is 0 Å². The van der Waals surface area contributed by atoms with E-state index in [1.165, 1.54) is 0 Å². The van der Waals surface area contributed by atoms with Crippen molar-refractivity contribution in [3.63, 3.8) is 0 Å². The van der Waals surface area contributed by atoms with Crippen molar-refractivity contribution in [1.82, 2.24) is 10.2 Å². The summed E-state index contributed by atoms with van der Waals surface area (Å²) in [4.78, 5) is 0. The third kappa shape index (κ3) is 2.74. The molecule has 0 saturated heterocycles. The molecule has 2 N–H and O–H groups in total. The fraction of sp³-hybridized carbons (Fsp3) is 0.357. The van der Waals surface area contributed by atoms with Crippen LogP contribution in [0.4, 0.5) is 0 Å². The number of aliphatic hydroxyl groups excluding tert-OH is 1. The lowest BCUT2D eigenvalue weighted by Crippen LogP contribution is -1.97. The average molecular weight is 230 g/mol. The van der Waals surface area contributed by atoms with E-state index in [2.05, 4.69) is 17.1 Å². The molecular formula is C14H18N2O. The molecule has 3 nitrogen and oxygen atoms in total. The first-order valence-corrected chi connectivity index (χ1v) is 6.09. The number of hydrogen-bond donors (Lipinski definition) is 2. The van der Waals surface area contributed by atoms with Crippen molar-refractivity contribution in [3.05, 3.63) is 42.1 Å². The maximum Gasteiger partial charge on any atom is 0.0826 e. The first-order valence-electron chi connectivity index (χ1n) is 6.09. The second kappa shape index (κ2) is 5.64. The Balaban J connectivity index is 2.23. The van der Waals surface area contributed by atoms with Gasteiger partial charge in [0.15, 0.2) is 0 Å². The first kappa shape index (κ1) is 11.9. The number of aliphatic hydroxyl groups is 1. The summed E-state index contributed by atoms with van der Waals surface area (Å²) in [5, 5.41) is 17.1. The van der Waals surface area contributed by atoms with Crippen molar-refractivity contribution >= 4 is 0 Å². The Morgan fingerprint density at radius 1 is 1.29 bits per heavy atom. The van der Waals surface area contributed by atoms with Gasteiger partial charge in [0.1, 0.15) is 0 Å². The summed E-state index contributed by atoms with van der Waals surface area (Å²) in [6, 6.07) is 9.98. The molecule has 2 rings (SSSR count). The third-order valence-corrected chi connectivity index (χ3v) is 2.92. The van der Waals surface area contributed by atoms with E-state index in [9.17, 15) is 5.11 Å². The number of H-pyrrole nitrogens is 1. The minimum absolute atomic E-state index is 0.427. The van der Waals surface area contributed by atoms with Crippen LogP contribution >= 0.6 is 0 Å². The second-order valence-corrected chi connectivity index (χ2v) is 4.22. The molecular weight excluding hydrogens is 212 g/mol. The van der Waals surface area contributed by atoms with Crippen molar-refractivity contribution in [2.45, 2.75) is 32.3 Å². The van der Waals surface area contributed by atoms with Gasteiger partial charge in [-0.25, -0.2) is 0 Å². The molecule has 0 amide bonds. The van der Waals surface area contributed by atoms with Crippen LogP contribution in [0.3, 0.4) is 0 Å². The van der Waals surface area contributed by atoms with E-state index in [0.29, 0.717) is 0 Å². The molecule has 17 heavy (non-hydrogen) atoms. The van der Waals surface area contributed by atoms with E-state index in [-0.39, 0.29) is 0 Å². The normalized spacial score (nSPS) is 12.6. The summed E-state index contributed by atoms with van der Waals surface area (Å²) >= 11 is 0. The van der Waals surface area contributed by atoms with Crippen molar-refractivity contribution in [1.29, 1.82) is 0 Å². The summed E-state index contributed by atoms with van der Waals surface area (Å²) < 4.78 is 0. The Morgan fingerprint density at radius 3 is 2.76 bits per heavy atom. The van der Waals surface area contributed by atoms with Gasteiger partial charge in [-0.2, -0.15) is 5.10 Å². The summed E-state index contributed by atoms with van der Waals surface area (Å²) in [6.45, 7) is 2.13. The highest BCUT2D eigenvalue weighted by atomic mass is 16.3. The quantitative estimate of drug-likeness (QED) is 0.828. The van der Waals surface area contributed by atoms with Crippen LogP contribution in [0, 0.1) is 0 Å². The van der Waals surface area contributed by atoms with Gasteiger partial charge in [-0.15, -0.1) is 0 Å². The van der Waals surface area contributed by atoms with E-state index in [4.69, 9.17) is 0 Å². The predicted molar refractivity (Wildman–Crippen MR) is 68.5 cm³/mol. The number of aromatic nitrogens is 2. The number of hydrogen-bond acceptors (Lipinski definition) is 2. The molecule has 0 aliphatic rings. The minimum atomic E-state index is -0.427. The maximum absolute atomic E-state index is 10.1. The van der Waals surface area contributed by atoms with Gasteiger partial charge in [0.05, 0.1) is 18.0 Å². The van der Waals surface area contributed by atoms with Crippen LogP contribution in [0.2, 0.25) is 0 Å². The zero-order chi connectivity index (χ0) is 12.1. The van der Waals surface area contributed by atoms with E-state index >= 15 is 0 Å². The van der Waals surface area contributed by atoms with Crippen LogP contribution < -0.4 is 0 Å². The van der Waals surface area contributed by atoms with Crippen LogP contribution in [0.25, 0.3) is 11.3 Å². The number of benzene rings is 1. The highest BCUT2D eigenvalue weighted by Crippen LogP contribution is 2.28. The Kier molecular flexibility index (Phi) is 3.94. The molecule has 1 aromatic heterocycles. The molecule has 0 spiro atoms. The Labute approximate surface area is 102 Å². The lowest BCUT2D eigenvalue weighted by atomic mass is 10.0. The van der Waals surface area contributed by atoms with E-state index in [1.54, 1.807) is 6.20 Å². The maximum atomic E-state index is 10.1. The molecule has 0 fully saturated rings. The van der Waals surface area contributed by atoms with Crippen molar-refractivity contribution in [2.24, 2.45) is 0 Å². The Hall–Kier alpha value is -1.61. The zero-order valence-corrected chi connectivity index (χ0v) is 10.1. The molecule has 0 aliphatic carbocycles. The zero-order valence-electron chi connectivity index (χ0n) is 10.1. The highest BCUT2D eigenvalue weighted by Gasteiger charge is 2.14. The molecule has 1 unspecified atom stereocenters. The molecule has 3 heteroatoms. The van der Waals surface area contributed by atoms with E-state index in [0.717, 1.165) is 36.1 Å². The highest BCUT2D eigenvalue weighted by molar-refractivity contribution is 5.62. The van der Waals surface area contributed by atoms with E-state index < -0.39 is 6.10 Å². The van der Waals surface area contributed by atoms with Crippen LogP contribution in [-0.4, -0.2) is 15.3 Å². The van der Waals surface area contributed by atoms with Crippen LogP contribution in [0.1, 0.15) is 37.9 Å². The second-order valence-electron chi connectivity index (χ2n) is 4.22. The topological polar surface area (TPSA) is 48.9 Å². The number of nitrogens with one attached hydrogen (secondary N) is 1. The molecule has 90 valence electrons. The summed E-state index contributed by atoms with van der Waals surface area (Å²) in [5.74, 6) is 0. The van der Waals surface area contributed by atoms with Gasteiger partial charge in [-0.05, 0) is 12.0 Å². The third-order valence-electron chi connectivity index (χ3n) is 2.92. The summed E-state index contributed by atoms with van der Waals surface area (Å²) in [6.07, 6.45) is 4.21. The molecule has 1 aromatic carbocycles. The van der Waals surface area contributed by atoms with Gasteiger partial charge >= 0.3 is 0 Å². The van der Waals surface area contributed by atoms with Crippen molar-refractivity contribution < 1.29 is 5.11 Å². The summed E-state index contributed by atoms with van der Waals surface area (Å²) in [7, 11) is 0. The van der Waals surface area contributed by atoms with E-state index in [1.807, 2.05) is 30.3 Å². The fourth-order valence-corrected chi connectivity index (χ4v) is 1.94. The molecule has 0 aliphatic heterocycles. The molecule has 2 aromatic rings. The molecule has 0 saturated carbocycles. The van der Waals surface area contributed by atoms with Gasteiger partial charge < -0.3 is 5.11 Å². The van der Waals surface area contributed by atoms with Crippen molar-refractivity contribution in [3.8, 4) is 11.3 Å². The number of aromatic amines is 1. The SMILES string of the molecule is CCCCC(O)c1cn[nH]c1-c1ccccc1. The average Bonchev–Trinajstić information content (AvgIpc) is 2.86. The monoisotopic (exact) mass is 230 g/mol. The minimum Gasteiger partial charge on any atom is -0.388 e. The predicted octanol–water partition coefficient (Wildman–Crippen LogP) is 3.30. The largest absolute Gasteiger partial charge is 0.388 e.